The third-order valence-corrected chi connectivity index (χ3v) is 4.12. The number of likely N-dealkylation sites (tertiary alicyclic amines) is 1. The van der Waals surface area contributed by atoms with E-state index in [1.165, 1.54) is 19.4 Å². The molecule has 0 aromatic rings. The van der Waals surface area contributed by atoms with Crippen LogP contribution in [0, 0.1) is 11.8 Å². The normalized spacial score (nSPS) is 34.8. The van der Waals surface area contributed by atoms with Gasteiger partial charge in [0.1, 0.15) is 0 Å². The number of hydrogen-bond donors (Lipinski definition) is 2. The van der Waals surface area contributed by atoms with E-state index in [4.69, 9.17) is 0 Å². The van der Waals surface area contributed by atoms with Gasteiger partial charge in [0.05, 0.1) is 5.92 Å². The van der Waals surface area contributed by atoms with E-state index in [-0.39, 0.29) is 11.8 Å². The average molecular weight is 239 g/mol. The molecule has 2 fully saturated rings. The van der Waals surface area contributed by atoms with Crippen molar-refractivity contribution in [3.63, 3.8) is 0 Å². The van der Waals surface area contributed by atoms with E-state index in [0.717, 1.165) is 26.1 Å². The second-order valence-corrected chi connectivity index (χ2v) is 5.72. The van der Waals surface area contributed by atoms with Gasteiger partial charge in [0.25, 0.3) is 0 Å². The summed E-state index contributed by atoms with van der Waals surface area (Å²) in [5, 5.41) is 6.46. The third kappa shape index (κ3) is 3.42. The fourth-order valence-electron chi connectivity index (χ4n) is 2.96. The first-order valence-corrected chi connectivity index (χ1v) is 6.85. The lowest BCUT2D eigenvalue weighted by Crippen LogP contribution is -2.46. The van der Waals surface area contributed by atoms with Gasteiger partial charge in [-0.05, 0) is 45.3 Å². The minimum absolute atomic E-state index is 0.172. The predicted molar refractivity (Wildman–Crippen MR) is 68.8 cm³/mol. The first-order chi connectivity index (χ1) is 8.16. The summed E-state index contributed by atoms with van der Waals surface area (Å²) in [4.78, 5) is 14.4. The molecule has 2 aliphatic heterocycles. The topological polar surface area (TPSA) is 44.4 Å². The molecule has 0 aliphatic carbocycles. The van der Waals surface area contributed by atoms with E-state index >= 15 is 0 Å². The summed E-state index contributed by atoms with van der Waals surface area (Å²) in [6, 6.07) is 0.549. The molecular formula is C13H25N3O. The standard InChI is InChI=1S/C13H25N3O/c1-10-6-11(8-14-7-10)13(17)15-9-12-4-3-5-16(12)2/h10-12,14H,3-9H2,1-2H3,(H,15,17). The van der Waals surface area contributed by atoms with Gasteiger partial charge in [-0.1, -0.05) is 6.92 Å². The van der Waals surface area contributed by atoms with E-state index in [0.29, 0.717) is 12.0 Å². The summed E-state index contributed by atoms with van der Waals surface area (Å²) in [7, 11) is 2.15. The molecule has 0 bridgehead atoms. The smallest absolute Gasteiger partial charge is 0.224 e. The quantitative estimate of drug-likeness (QED) is 0.751. The number of hydrogen-bond acceptors (Lipinski definition) is 3. The molecule has 0 radical (unpaired) electrons. The predicted octanol–water partition coefficient (Wildman–Crippen LogP) is 0.442. The average Bonchev–Trinajstić information content (AvgIpc) is 2.72. The molecule has 98 valence electrons. The van der Waals surface area contributed by atoms with Gasteiger partial charge in [0.15, 0.2) is 0 Å². The summed E-state index contributed by atoms with van der Waals surface area (Å²) in [5.74, 6) is 1.03. The Bertz CT molecular complexity index is 269. The van der Waals surface area contributed by atoms with Crippen LogP contribution < -0.4 is 10.6 Å². The van der Waals surface area contributed by atoms with Gasteiger partial charge in [-0.15, -0.1) is 0 Å². The minimum Gasteiger partial charge on any atom is -0.354 e. The summed E-state index contributed by atoms with van der Waals surface area (Å²) in [6.07, 6.45) is 3.51. The lowest BCUT2D eigenvalue weighted by Gasteiger charge is -2.28. The van der Waals surface area contributed by atoms with Crippen molar-refractivity contribution < 1.29 is 4.79 Å². The van der Waals surface area contributed by atoms with Crippen molar-refractivity contribution in [3.05, 3.63) is 0 Å². The maximum atomic E-state index is 12.0. The molecule has 0 spiro atoms. The molecule has 17 heavy (non-hydrogen) atoms. The maximum absolute atomic E-state index is 12.0. The number of rotatable bonds is 3. The highest BCUT2D eigenvalue weighted by Crippen LogP contribution is 2.17. The van der Waals surface area contributed by atoms with Crippen molar-refractivity contribution in [3.8, 4) is 0 Å². The maximum Gasteiger partial charge on any atom is 0.224 e. The zero-order valence-electron chi connectivity index (χ0n) is 11.0. The van der Waals surface area contributed by atoms with E-state index < -0.39 is 0 Å². The van der Waals surface area contributed by atoms with Crippen LogP contribution in [-0.4, -0.2) is 50.1 Å². The van der Waals surface area contributed by atoms with Crippen LogP contribution in [-0.2, 0) is 4.79 Å². The van der Waals surface area contributed by atoms with E-state index in [1.807, 2.05) is 0 Å². The van der Waals surface area contributed by atoms with Crippen LogP contribution in [0.4, 0.5) is 0 Å². The zero-order valence-corrected chi connectivity index (χ0v) is 11.0. The Kier molecular flexibility index (Phi) is 4.40. The largest absolute Gasteiger partial charge is 0.354 e. The fraction of sp³-hybridized carbons (Fsp3) is 0.923. The minimum atomic E-state index is 0.172. The molecule has 4 nitrogen and oxygen atoms in total. The Morgan fingerprint density at radius 3 is 2.94 bits per heavy atom. The van der Waals surface area contributed by atoms with Crippen molar-refractivity contribution in [2.24, 2.45) is 11.8 Å². The zero-order chi connectivity index (χ0) is 12.3. The second-order valence-electron chi connectivity index (χ2n) is 5.72. The molecule has 2 rings (SSSR count). The Labute approximate surface area is 104 Å². The van der Waals surface area contributed by atoms with Crippen molar-refractivity contribution in [1.82, 2.24) is 15.5 Å². The number of likely N-dealkylation sites (N-methyl/N-ethyl adjacent to an activating group) is 1. The van der Waals surface area contributed by atoms with Crippen molar-refractivity contribution >= 4 is 5.91 Å². The number of carbonyl (C=O) groups excluding carboxylic acids is 1. The van der Waals surface area contributed by atoms with E-state index in [2.05, 4.69) is 29.5 Å². The number of amides is 1. The lowest BCUT2D eigenvalue weighted by atomic mass is 9.91. The molecular weight excluding hydrogens is 214 g/mol. The van der Waals surface area contributed by atoms with Crippen LogP contribution in [0.15, 0.2) is 0 Å². The van der Waals surface area contributed by atoms with Gasteiger partial charge in [-0.3, -0.25) is 4.79 Å². The van der Waals surface area contributed by atoms with Crippen molar-refractivity contribution in [1.29, 1.82) is 0 Å². The van der Waals surface area contributed by atoms with Crippen LogP contribution in [0.25, 0.3) is 0 Å². The van der Waals surface area contributed by atoms with Gasteiger partial charge < -0.3 is 15.5 Å². The van der Waals surface area contributed by atoms with Gasteiger partial charge in [-0.25, -0.2) is 0 Å². The van der Waals surface area contributed by atoms with Gasteiger partial charge in [0, 0.05) is 19.1 Å². The molecule has 2 aliphatic rings. The Morgan fingerprint density at radius 2 is 2.29 bits per heavy atom. The van der Waals surface area contributed by atoms with Crippen LogP contribution in [0.5, 0.6) is 0 Å². The van der Waals surface area contributed by atoms with Crippen LogP contribution >= 0.6 is 0 Å². The number of piperidine rings is 1. The monoisotopic (exact) mass is 239 g/mol. The SMILES string of the molecule is CC1CNCC(C(=O)NCC2CCCN2C)C1. The molecule has 0 aromatic heterocycles. The van der Waals surface area contributed by atoms with Crippen LogP contribution in [0.3, 0.4) is 0 Å². The fourth-order valence-corrected chi connectivity index (χ4v) is 2.96. The molecule has 4 heteroatoms. The summed E-state index contributed by atoms with van der Waals surface area (Å²) in [5.41, 5.74) is 0. The summed E-state index contributed by atoms with van der Waals surface area (Å²) < 4.78 is 0. The molecule has 2 N–H and O–H groups in total. The molecule has 0 saturated carbocycles. The molecule has 1 amide bonds. The lowest BCUT2D eigenvalue weighted by molar-refractivity contribution is -0.126. The number of nitrogens with zero attached hydrogens (tertiary/aromatic N) is 1. The van der Waals surface area contributed by atoms with Crippen LogP contribution in [0.2, 0.25) is 0 Å². The first kappa shape index (κ1) is 12.8. The number of carbonyl (C=O) groups is 1. The Hall–Kier alpha value is -0.610. The Morgan fingerprint density at radius 1 is 1.47 bits per heavy atom. The molecule has 2 heterocycles. The van der Waals surface area contributed by atoms with E-state index in [9.17, 15) is 4.79 Å². The summed E-state index contributed by atoms with van der Waals surface area (Å²) in [6.45, 7) is 6.09. The highest BCUT2D eigenvalue weighted by molar-refractivity contribution is 5.79. The number of nitrogens with one attached hydrogen (secondary N) is 2. The van der Waals surface area contributed by atoms with Gasteiger partial charge in [0.2, 0.25) is 5.91 Å². The third-order valence-electron chi connectivity index (χ3n) is 4.12. The van der Waals surface area contributed by atoms with Crippen molar-refractivity contribution in [2.45, 2.75) is 32.2 Å². The summed E-state index contributed by atoms with van der Waals surface area (Å²) >= 11 is 0. The first-order valence-electron chi connectivity index (χ1n) is 6.85. The highest BCUT2D eigenvalue weighted by Gasteiger charge is 2.26. The molecule has 0 aromatic carbocycles. The van der Waals surface area contributed by atoms with E-state index in [1.54, 1.807) is 0 Å². The van der Waals surface area contributed by atoms with Gasteiger partial charge >= 0.3 is 0 Å². The van der Waals surface area contributed by atoms with Gasteiger partial charge in [-0.2, -0.15) is 0 Å². The molecule has 3 unspecified atom stereocenters. The molecule has 2 saturated heterocycles. The second kappa shape index (κ2) is 5.83. The van der Waals surface area contributed by atoms with Crippen molar-refractivity contribution in [2.75, 3.05) is 33.2 Å². The Balaban J connectivity index is 1.73. The van der Waals surface area contributed by atoms with Crippen LogP contribution in [0.1, 0.15) is 26.2 Å². The molecule has 3 atom stereocenters. The highest BCUT2D eigenvalue weighted by atomic mass is 16.1.